The third-order valence-electron chi connectivity index (χ3n) is 2.91. The molecular weight excluding hydrogens is 246 g/mol. The SMILES string of the molecule is Cc1cc(CNc2ccc(CCCl)cc2)n(C)n1. The predicted molar refractivity (Wildman–Crippen MR) is 76.1 cm³/mol. The smallest absolute Gasteiger partial charge is 0.0597 e. The molecule has 0 bridgehead atoms. The number of anilines is 1. The number of hydrogen-bond acceptors (Lipinski definition) is 2. The van der Waals surface area contributed by atoms with Gasteiger partial charge in [0, 0.05) is 18.6 Å². The Kier molecular flexibility index (Phi) is 4.26. The summed E-state index contributed by atoms with van der Waals surface area (Å²) in [7, 11) is 1.97. The van der Waals surface area contributed by atoms with Gasteiger partial charge in [-0.25, -0.2) is 0 Å². The van der Waals surface area contributed by atoms with Gasteiger partial charge < -0.3 is 5.32 Å². The van der Waals surface area contributed by atoms with Crippen LogP contribution in [0.3, 0.4) is 0 Å². The van der Waals surface area contributed by atoms with Crippen molar-refractivity contribution in [1.82, 2.24) is 9.78 Å². The van der Waals surface area contributed by atoms with Crippen molar-refractivity contribution in [3.63, 3.8) is 0 Å². The summed E-state index contributed by atoms with van der Waals surface area (Å²) in [5, 5.41) is 7.71. The number of hydrogen-bond donors (Lipinski definition) is 1. The van der Waals surface area contributed by atoms with Crippen LogP contribution in [0.25, 0.3) is 0 Å². The molecule has 1 heterocycles. The molecule has 96 valence electrons. The van der Waals surface area contributed by atoms with E-state index >= 15 is 0 Å². The Morgan fingerprint density at radius 1 is 1.28 bits per heavy atom. The van der Waals surface area contributed by atoms with Crippen LogP contribution in [0.4, 0.5) is 5.69 Å². The number of aromatic nitrogens is 2. The number of alkyl halides is 1. The van der Waals surface area contributed by atoms with E-state index in [0.717, 1.165) is 24.3 Å². The molecule has 0 radical (unpaired) electrons. The average Bonchev–Trinajstić information content (AvgIpc) is 2.67. The maximum atomic E-state index is 5.71. The number of halogens is 1. The van der Waals surface area contributed by atoms with E-state index in [9.17, 15) is 0 Å². The van der Waals surface area contributed by atoms with Crippen LogP contribution in [0.1, 0.15) is 17.0 Å². The molecule has 2 rings (SSSR count). The first-order valence-electron chi connectivity index (χ1n) is 6.07. The number of rotatable bonds is 5. The summed E-state index contributed by atoms with van der Waals surface area (Å²) in [5.74, 6) is 0.668. The maximum Gasteiger partial charge on any atom is 0.0597 e. The van der Waals surface area contributed by atoms with E-state index in [1.165, 1.54) is 11.3 Å². The molecule has 1 N–H and O–H groups in total. The van der Waals surface area contributed by atoms with Crippen molar-refractivity contribution in [2.24, 2.45) is 7.05 Å². The zero-order chi connectivity index (χ0) is 13.0. The number of nitrogens with one attached hydrogen (secondary N) is 1. The standard InChI is InChI=1S/C14H18ClN3/c1-11-9-14(18(2)17-11)10-16-13-5-3-12(4-6-13)7-8-15/h3-6,9,16H,7-8,10H2,1-2H3. The summed E-state index contributed by atoms with van der Waals surface area (Å²) in [6.45, 7) is 2.79. The van der Waals surface area contributed by atoms with Crippen molar-refractivity contribution < 1.29 is 0 Å². The van der Waals surface area contributed by atoms with E-state index in [1.807, 2.05) is 18.7 Å². The summed E-state index contributed by atoms with van der Waals surface area (Å²) in [5.41, 5.74) is 4.61. The molecule has 0 aliphatic rings. The summed E-state index contributed by atoms with van der Waals surface area (Å²) < 4.78 is 1.91. The third kappa shape index (κ3) is 3.26. The van der Waals surface area contributed by atoms with Gasteiger partial charge in [-0.15, -0.1) is 11.6 Å². The van der Waals surface area contributed by atoms with Gasteiger partial charge in [0.25, 0.3) is 0 Å². The highest BCUT2D eigenvalue weighted by Gasteiger charge is 2.01. The van der Waals surface area contributed by atoms with Crippen molar-refractivity contribution in [1.29, 1.82) is 0 Å². The summed E-state index contributed by atoms with van der Waals surface area (Å²) in [6, 6.07) is 10.5. The molecule has 0 aliphatic heterocycles. The molecule has 0 spiro atoms. The Morgan fingerprint density at radius 3 is 2.56 bits per heavy atom. The predicted octanol–water partition coefficient (Wildman–Crippen LogP) is 3.12. The molecule has 18 heavy (non-hydrogen) atoms. The van der Waals surface area contributed by atoms with Crippen LogP contribution in [-0.2, 0) is 20.0 Å². The Balaban J connectivity index is 1.95. The van der Waals surface area contributed by atoms with Crippen molar-refractivity contribution in [2.45, 2.75) is 19.9 Å². The Hall–Kier alpha value is -1.48. The van der Waals surface area contributed by atoms with Crippen LogP contribution in [0.15, 0.2) is 30.3 Å². The lowest BCUT2D eigenvalue weighted by Gasteiger charge is -2.07. The Morgan fingerprint density at radius 2 is 2.00 bits per heavy atom. The molecule has 0 saturated heterocycles. The van der Waals surface area contributed by atoms with Crippen LogP contribution in [0.2, 0.25) is 0 Å². The second-order valence-electron chi connectivity index (χ2n) is 4.39. The van der Waals surface area contributed by atoms with Gasteiger partial charge in [-0.3, -0.25) is 4.68 Å². The molecule has 0 fully saturated rings. The Labute approximate surface area is 113 Å². The molecule has 0 aliphatic carbocycles. The van der Waals surface area contributed by atoms with Crippen LogP contribution in [0, 0.1) is 6.92 Å². The van der Waals surface area contributed by atoms with Gasteiger partial charge in [0.2, 0.25) is 0 Å². The summed E-state index contributed by atoms with van der Waals surface area (Å²) in [4.78, 5) is 0. The molecule has 3 nitrogen and oxygen atoms in total. The lowest BCUT2D eigenvalue weighted by atomic mass is 10.1. The highest BCUT2D eigenvalue weighted by molar-refractivity contribution is 6.17. The Bertz CT molecular complexity index is 502. The third-order valence-corrected chi connectivity index (χ3v) is 3.10. The van der Waals surface area contributed by atoms with E-state index in [-0.39, 0.29) is 0 Å². The molecule has 0 unspecified atom stereocenters. The topological polar surface area (TPSA) is 29.9 Å². The minimum absolute atomic E-state index is 0.668. The molecule has 1 aromatic carbocycles. The van der Waals surface area contributed by atoms with E-state index in [0.29, 0.717) is 5.88 Å². The molecule has 0 amide bonds. The lowest BCUT2D eigenvalue weighted by molar-refractivity contribution is 0.713. The number of nitrogens with zero attached hydrogens (tertiary/aromatic N) is 2. The zero-order valence-electron chi connectivity index (χ0n) is 10.8. The highest BCUT2D eigenvalue weighted by atomic mass is 35.5. The fraction of sp³-hybridized carbons (Fsp3) is 0.357. The molecule has 2 aromatic rings. The van der Waals surface area contributed by atoms with Gasteiger partial charge in [-0.1, -0.05) is 12.1 Å². The van der Waals surface area contributed by atoms with Crippen molar-refractivity contribution in [2.75, 3.05) is 11.2 Å². The van der Waals surface area contributed by atoms with Gasteiger partial charge >= 0.3 is 0 Å². The molecule has 4 heteroatoms. The lowest BCUT2D eigenvalue weighted by Crippen LogP contribution is -2.05. The number of aryl methyl sites for hydroxylation is 3. The van der Waals surface area contributed by atoms with Gasteiger partial charge in [0.05, 0.1) is 17.9 Å². The summed E-state index contributed by atoms with van der Waals surface area (Å²) in [6.07, 6.45) is 0.919. The fourth-order valence-electron chi connectivity index (χ4n) is 1.92. The highest BCUT2D eigenvalue weighted by Crippen LogP contribution is 2.12. The van der Waals surface area contributed by atoms with E-state index in [4.69, 9.17) is 11.6 Å². The first kappa shape index (κ1) is 13.0. The van der Waals surface area contributed by atoms with Crippen molar-refractivity contribution in [3.8, 4) is 0 Å². The van der Waals surface area contributed by atoms with Gasteiger partial charge in [0.15, 0.2) is 0 Å². The maximum absolute atomic E-state index is 5.71. The van der Waals surface area contributed by atoms with Crippen LogP contribution >= 0.6 is 11.6 Å². The zero-order valence-corrected chi connectivity index (χ0v) is 11.5. The van der Waals surface area contributed by atoms with Crippen molar-refractivity contribution >= 4 is 17.3 Å². The largest absolute Gasteiger partial charge is 0.379 e. The second kappa shape index (κ2) is 5.91. The van der Waals surface area contributed by atoms with Gasteiger partial charge in [0.1, 0.15) is 0 Å². The average molecular weight is 264 g/mol. The minimum atomic E-state index is 0.668. The monoisotopic (exact) mass is 263 g/mol. The molecule has 0 saturated carbocycles. The number of benzene rings is 1. The minimum Gasteiger partial charge on any atom is -0.379 e. The van der Waals surface area contributed by atoms with E-state index < -0.39 is 0 Å². The second-order valence-corrected chi connectivity index (χ2v) is 4.77. The van der Waals surface area contributed by atoms with Crippen LogP contribution < -0.4 is 5.32 Å². The van der Waals surface area contributed by atoms with Gasteiger partial charge in [-0.05, 0) is 37.1 Å². The van der Waals surface area contributed by atoms with Crippen LogP contribution in [0.5, 0.6) is 0 Å². The first-order chi connectivity index (χ1) is 8.69. The molecular formula is C14H18ClN3. The van der Waals surface area contributed by atoms with Gasteiger partial charge in [-0.2, -0.15) is 5.10 Å². The normalized spacial score (nSPS) is 10.6. The fourth-order valence-corrected chi connectivity index (χ4v) is 2.14. The quantitative estimate of drug-likeness (QED) is 0.840. The van der Waals surface area contributed by atoms with Crippen LogP contribution in [-0.4, -0.2) is 15.7 Å². The van der Waals surface area contributed by atoms with E-state index in [2.05, 4.69) is 40.7 Å². The molecule has 1 aromatic heterocycles. The van der Waals surface area contributed by atoms with Crippen molar-refractivity contribution in [3.05, 3.63) is 47.3 Å². The first-order valence-corrected chi connectivity index (χ1v) is 6.61. The van der Waals surface area contributed by atoms with E-state index in [1.54, 1.807) is 0 Å². The summed E-state index contributed by atoms with van der Waals surface area (Å²) >= 11 is 5.71. The molecule has 0 atom stereocenters.